The second-order valence-electron chi connectivity index (χ2n) is 4.97. The topological polar surface area (TPSA) is 21.3 Å². The lowest BCUT2D eigenvalue weighted by atomic mass is 9.88. The molecule has 0 aromatic heterocycles. The summed E-state index contributed by atoms with van der Waals surface area (Å²) in [4.78, 5) is 0. The van der Waals surface area contributed by atoms with E-state index in [-0.39, 0.29) is 0 Å². The van der Waals surface area contributed by atoms with Crippen LogP contribution in [0.25, 0.3) is 0 Å². The number of hydrogen-bond acceptors (Lipinski definition) is 2. The first-order chi connectivity index (χ1) is 8.95. The lowest BCUT2D eigenvalue weighted by molar-refractivity contribution is 0.296. The van der Waals surface area contributed by atoms with Gasteiger partial charge in [-0.05, 0) is 30.5 Å². The van der Waals surface area contributed by atoms with Gasteiger partial charge >= 0.3 is 0 Å². The average Bonchev–Trinajstić information content (AvgIpc) is 2.78. The van der Waals surface area contributed by atoms with Crippen molar-refractivity contribution in [2.45, 2.75) is 12.3 Å². The standard InChI is InChI=1S/C16H19NO/c1-2-4-6-8-16-14(7-5-3-1)15-12-17-11-13(15)9-10-18-16/h1-8,13,15,17H,9-12H2. The van der Waals surface area contributed by atoms with Crippen molar-refractivity contribution in [3.05, 3.63) is 54.1 Å². The number of hydrogen-bond donors (Lipinski definition) is 1. The summed E-state index contributed by atoms with van der Waals surface area (Å²) in [6.07, 6.45) is 1.15. The van der Waals surface area contributed by atoms with E-state index in [1.165, 1.54) is 5.56 Å². The van der Waals surface area contributed by atoms with E-state index in [4.69, 9.17) is 4.74 Å². The monoisotopic (exact) mass is 241 g/mol. The number of ether oxygens (including phenoxy) is 1. The first kappa shape index (κ1) is 11.5. The second kappa shape index (κ2) is 5.40. The van der Waals surface area contributed by atoms with Crippen LogP contribution >= 0.6 is 0 Å². The Kier molecular flexibility index (Phi) is 3.47. The molecule has 18 heavy (non-hydrogen) atoms. The van der Waals surface area contributed by atoms with Crippen molar-refractivity contribution < 1.29 is 4.74 Å². The highest BCUT2D eigenvalue weighted by atomic mass is 16.5. The van der Waals surface area contributed by atoms with Crippen molar-refractivity contribution in [1.82, 2.24) is 5.32 Å². The predicted molar refractivity (Wildman–Crippen MR) is 73.3 cm³/mol. The van der Waals surface area contributed by atoms with Gasteiger partial charge in [0, 0.05) is 12.5 Å². The Morgan fingerprint density at radius 1 is 0.944 bits per heavy atom. The molecule has 1 saturated heterocycles. The lowest BCUT2D eigenvalue weighted by Gasteiger charge is -2.14. The van der Waals surface area contributed by atoms with Gasteiger partial charge in [0.25, 0.3) is 0 Å². The molecule has 0 bridgehead atoms. The van der Waals surface area contributed by atoms with Gasteiger partial charge in [-0.3, -0.25) is 0 Å². The van der Waals surface area contributed by atoms with Crippen LogP contribution in [-0.2, 0) is 0 Å². The molecular formula is C16H19NO. The minimum absolute atomic E-state index is 0.597. The van der Waals surface area contributed by atoms with E-state index in [9.17, 15) is 0 Å². The smallest absolute Gasteiger partial charge is 0.122 e. The van der Waals surface area contributed by atoms with Crippen molar-refractivity contribution >= 4 is 0 Å². The van der Waals surface area contributed by atoms with Gasteiger partial charge in [0.05, 0.1) is 6.61 Å². The van der Waals surface area contributed by atoms with E-state index < -0.39 is 0 Å². The summed E-state index contributed by atoms with van der Waals surface area (Å²) in [6, 6.07) is 16.7. The van der Waals surface area contributed by atoms with Crippen molar-refractivity contribution in [3.63, 3.8) is 0 Å². The zero-order chi connectivity index (χ0) is 12.2. The average molecular weight is 241 g/mol. The van der Waals surface area contributed by atoms with Gasteiger partial charge in [0.15, 0.2) is 0 Å². The molecule has 2 heterocycles. The molecule has 1 N–H and O–H groups in total. The molecule has 1 fully saturated rings. The number of nitrogens with one attached hydrogen (secondary N) is 1. The van der Waals surface area contributed by atoms with Crippen LogP contribution in [0.1, 0.15) is 17.9 Å². The SMILES string of the molecule is c1ccccc2c(ccc1)OCCC1CNCC21. The Morgan fingerprint density at radius 2 is 1.72 bits per heavy atom. The van der Waals surface area contributed by atoms with Crippen LogP contribution in [0.2, 0.25) is 0 Å². The molecule has 2 atom stereocenters. The Morgan fingerprint density at radius 3 is 2.61 bits per heavy atom. The lowest BCUT2D eigenvalue weighted by Crippen LogP contribution is -2.11. The van der Waals surface area contributed by atoms with Gasteiger partial charge in [-0.1, -0.05) is 42.5 Å². The van der Waals surface area contributed by atoms with Gasteiger partial charge in [0.2, 0.25) is 0 Å². The van der Waals surface area contributed by atoms with E-state index >= 15 is 0 Å². The maximum Gasteiger partial charge on any atom is 0.122 e. The molecule has 0 spiro atoms. The van der Waals surface area contributed by atoms with Crippen LogP contribution < -0.4 is 10.1 Å². The van der Waals surface area contributed by atoms with Gasteiger partial charge in [-0.25, -0.2) is 0 Å². The fraction of sp³-hybridized carbons (Fsp3) is 0.375. The van der Waals surface area contributed by atoms with Crippen molar-refractivity contribution in [2.75, 3.05) is 19.7 Å². The summed E-state index contributed by atoms with van der Waals surface area (Å²) in [5.74, 6) is 2.36. The van der Waals surface area contributed by atoms with Gasteiger partial charge < -0.3 is 10.1 Å². The van der Waals surface area contributed by atoms with Gasteiger partial charge in [-0.2, -0.15) is 0 Å². The van der Waals surface area contributed by atoms with Crippen LogP contribution in [0.5, 0.6) is 5.75 Å². The zero-order valence-corrected chi connectivity index (χ0v) is 10.5. The summed E-state index contributed by atoms with van der Waals surface area (Å²) in [5, 5.41) is 3.51. The van der Waals surface area contributed by atoms with Crippen molar-refractivity contribution in [3.8, 4) is 5.75 Å². The Labute approximate surface area is 108 Å². The van der Waals surface area contributed by atoms with Crippen LogP contribution in [-0.4, -0.2) is 19.7 Å². The third kappa shape index (κ3) is 2.34. The van der Waals surface area contributed by atoms with E-state index in [0.29, 0.717) is 5.92 Å². The molecule has 0 amide bonds. The predicted octanol–water partition coefficient (Wildman–Crippen LogP) is 2.90. The molecule has 3 rings (SSSR count). The highest BCUT2D eigenvalue weighted by Gasteiger charge is 2.31. The van der Waals surface area contributed by atoms with E-state index in [2.05, 4.69) is 35.6 Å². The molecule has 2 heteroatoms. The normalized spacial score (nSPS) is 25.1. The molecule has 1 aromatic rings. The Balaban J connectivity index is 2.11. The molecular weight excluding hydrogens is 222 g/mol. The Hall–Kier alpha value is -1.54. The summed E-state index contributed by atoms with van der Waals surface area (Å²) in [5.41, 5.74) is 1.35. The van der Waals surface area contributed by atoms with E-state index in [1.807, 2.05) is 18.2 Å². The molecule has 2 aliphatic heterocycles. The molecule has 0 radical (unpaired) electrons. The molecule has 0 aliphatic carbocycles. The minimum atomic E-state index is 0.597. The molecule has 94 valence electrons. The van der Waals surface area contributed by atoms with Gasteiger partial charge in [-0.15, -0.1) is 0 Å². The first-order valence-electron chi connectivity index (χ1n) is 6.71. The fourth-order valence-electron chi connectivity index (χ4n) is 2.90. The number of rotatable bonds is 0. The van der Waals surface area contributed by atoms with Crippen LogP contribution in [0, 0.1) is 5.92 Å². The molecule has 1 aromatic carbocycles. The summed E-state index contributed by atoms with van der Waals surface area (Å²) in [6.45, 7) is 3.03. The van der Waals surface area contributed by atoms with Crippen molar-refractivity contribution in [2.24, 2.45) is 5.92 Å². The minimum Gasteiger partial charge on any atom is -0.493 e. The molecule has 2 nitrogen and oxygen atoms in total. The second-order valence-corrected chi connectivity index (χ2v) is 4.97. The highest BCUT2D eigenvalue weighted by molar-refractivity contribution is 5.36. The molecule has 0 saturated carbocycles. The van der Waals surface area contributed by atoms with Crippen LogP contribution in [0.15, 0.2) is 48.5 Å². The zero-order valence-electron chi connectivity index (χ0n) is 10.5. The largest absolute Gasteiger partial charge is 0.493 e. The molecule has 2 unspecified atom stereocenters. The maximum absolute atomic E-state index is 5.93. The summed E-state index contributed by atoms with van der Waals surface area (Å²) < 4.78 is 5.93. The maximum atomic E-state index is 5.93. The van der Waals surface area contributed by atoms with Crippen LogP contribution in [0.3, 0.4) is 0 Å². The fourth-order valence-corrected chi connectivity index (χ4v) is 2.90. The van der Waals surface area contributed by atoms with Crippen molar-refractivity contribution in [1.29, 1.82) is 0 Å². The van der Waals surface area contributed by atoms with E-state index in [0.717, 1.165) is 37.8 Å². The van der Waals surface area contributed by atoms with Gasteiger partial charge in [0.1, 0.15) is 5.75 Å². The highest BCUT2D eigenvalue weighted by Crippen LogP contribution is 2.37. The quantitative estimate of drug-likeness (QED) is 0.754. The molecule has 2 aliphatic rings. The third-order valence-corrected chi connectivity index (χ3v) is 3.85. The number of fused-ring (bicyclic) bond motifs is 3. The van der Waals surface area contributed by atoms with Crippen LogP contribution in [0.4, 0.5) is 0 Å². The summed E-state index contributed by atoms with van der Waals surface area (Å²) in [7, 11) is 0. The third-order valence-electron chi connectivity index (χ3n) is 3.85. The summed E-state index contributed by atoms with van der Waals surface area (Å²) >= 11 is 0. The first-order valence-corrected chi connectivity index (χ1v) is 6.71. The Bertz CT molecular complexity index is 470. The van der Waals surface area contributed by atoms with E-state index in [1.54, 1.807) is 0 Å².